The lowest BCUT2D eigenvalue weighted by molar-refractivity contribution is -0.123. The van der Waals surface area contributed by atoms with E-state index in [2.05, 4.69) is 10.0 Å². The molecule has 0 unspecified atom stereocenters. The first-order chi connectivity index (χ1) is 13.9. The summed E-state index contributed by atoms with van der Waals surface area (Å²) in [5, 5.41) is 3.10. The lowest BCUT2D eigenvalue weighted by Gasteiger charge is -2.23. The minimum absolute atomic E-state index is 0.118. The summed E-state index contributed by atoms with van der Waals surface area (Å²) < 4.78 is 28.5. The molecular weight excluding hydrogens is 384 g/mol. The molecule has 0 radical (unpaired) electrons. The fourth-order valence-electron chi connectivity index (χ4n) is 3.74. The van der Waals surface area contributed by atoms with Crippen molar-refractivity contribution < 1.29 is 13.2 Å². The Bertz CT molecular complexity index is 887. The molecule has 0 aliphatic heterocycles. The molecule has 0 aromatic heterocycles. The van der Waals surface area contributed by atoms with E-state index in [0.29, 0.717) is 6.42 Å². The van der Waals surface area contributed by atoms with Crippen LogP contribution in [-0.4, -0.2) is 26.4 Å². The third-order valence-corrected chi connectivity index (χ3v) is 6.92. The smallest absolute Gasteiger partial charge is 0.241 e. The summed E-state index contributed by atoms with van der Waals surface area (Å²) in [6.45, 7) is 1.90. The largest absolute Gasteiger partial charge is 0.352 e. The number of benzene rings is 2. The summed E-state index contributed by atoms with van der Waals surface area (Å²) in [4.78, 5) is 13.2. The van der Waals surface area contributed by atoms with E-state index < -0.39 is 16.1 Å². The van der Waals surface area contributed by atoms with Crippen molar-refractivity contribution in [3.8, 4) is 0 Å². The van der Waals surface area contributed by atoms with Crippen LogP contribution in [0.15, 0.2) is 59.5 Å². The van der Waals surface area contributed by atoms with E-state index >= 15 is 0 Å². The van der Waals surface area contributed by atoms with Crippen LogP contribution in [0.1, 0.15) is 49.7 Å². The highest BCUT2D eigenvalue weighted by Gasteiger charge is 2.27. The van der Waals surface area contributed by atoms with Gasteiger partial charge in [0.1, 0.15) is 6.04 Å². The molecule has 29 heavy (non-hydrogen) atoms. The Labute approximate surface area is 174 Å². The Morgan fingerprint density at radius 3 is 2.21 bits per heavy atom. The van der Waals surface area contributed by atoms with Crippen LogP contribution in [0.5, 0.6) is 0 Å². The van der Waals surface area contributed by atoms with Crippen LogP contribution in [0.25, 0.3) is 0 Å². The molecule has 0 heterocycles. The summed E-state index contributed by atoms with van der Waals surface area (Å²) in [5.41, 5.74) is 1.90. The van der Waals surface area contributed by atoms with Crippen molar-refractivity contribution >= 4 is 15.9 Å². The third kappa shape index (κ3) is 6.41. The van der Waals surface area contributed by atoms with Gasteiger partial charge in [0.25, 0.3) is 0 Å². The van der Waals surface area contributed by atoms with Gasteiger partial charge in [-0.3, -0.25) is 4.79 Å². The molecule has 2 aromatic carbocycles. The lowest BCUT2D eigenvalue weighted by atomic mass is 10.0. The highest BCUT2D eigenvalue weighted by molar-refractivity contribution is 7.89. The number of nitrogens with one attached hydrogen (secondary N) is 2. The highest BCUT2D eigenvalue weighted by atomic mass is 32.2. The zero-order valence-electron chi connectivity index (χ0n) is 16.9. The van der Waals surface area contributed by atoms with Crippen LogP contribution < -0.4 is 10.0 Å². The van der Waals surface area contributed by atoms with E-state index in [1.807, 2.05) is 37.3 Å². The molecule has 6 heteroatoms. The summed E-state index contributed by atoms with van der Waals surface area (Å²) in [6.07, 6.45) is 6.81. The first kappa shape index (κ1) is 21.5. The lowest BCUT2D eigenvalue weighted by Crippen LogP contribution is -2.50. The Morgan fingerprint density at radius 2 is 1.59 bits per heavy atom. The zero-order chi connectivity index (χ0) is 20.7. The van der Waals surface area contributed by atoms with E-state index in [9.17, 15) is 13.2 Å². The second-order valence-corrected chi connectivity index (χ2v) is 9.59. The van der Waals surface area contributed by atoms with Gasteiger partial charge in [-0.15, -0.1) is 0 Å². The number of rotatable bonds is 7. The van der Waals surface area contributed by atoms with Gasteiger partial charge in [0.15, 0.2) is 0 Å². The SMILES string of the molecule is Cc1ccc(S(=O)(=O)N[C@H](Cc2ccccc2)C(=O)NC2CCCCCC2)cc1. The number of hydrogen-bond acceptors (Lipinski definition) is 3. The molecule has 0 saturated heterocycles. The molecule has 1 aliphatic carbocycles. The average Bonchev–Trinajstić information content (AvgIpc) is 2.97. The summed E-state index contributed by atoms with van der Waals surface area (Å²) in [5.74, 6) is -0.253. The molecule has 156 valence electrons. The standard InChI is InChI=1S/C23H30N2O3S/c1-18-13-15-21(16-14-18)29(27,28)25-22(17-19-9-5-4-6-10-19)23(26)24-20-11-7-2-3-8-12-20/h4-6,9-10,13-16,20,22,25H,2-3,7-8,11-12,17H2,1H3,(H,24,26)/t22-/m1/s1. The van der Waals surface area contributed by atoms with Gasteiger partial charge in [-0.05, 0) is 43.9 Å². The van der Waals surface area contributed by atoms with Crippen molar-refractivity contribution in [2.75, 3.05) is 0 Å². The predicted octanol–water partition coefficient (Wildman–Crippen LogP) is 3.72. The van der Waals surface area contributed by atoms with Crippen LogP contribution in [0.3, 0.4) is 0 Å². The van der Waals surface area contributed by atoms with E-state index in [4.69, 9.17) is 0 Å². The Balaban J connectivity index is 1.78. The Morgan fingerprint density at radius 1 is 0.966 bits per heavy atom. The van der Waals surface area contributed by atoms with Gasteiger partial charge in [-0.1, -0.05) is 73.7 Å². The number of amides is 1. The van der Waals surface area contributed by atoms with E-state index in [0.717, 1.165) is 36.8 Å². The van der Waals surface area contributed by atoms with Crippen molar-refractivity contribution in [1.29, 1.82) is 0 Å². The van der Waals surface area contributed by atoms with Crippen LogP contribution in [0.2, 0.25) is 0 Å². The van der Waals surface area contributed by atoms with Gasteiger partial charge in [0.2, 0.25) is 15.9 Å². The maximum Gasteiger partial charge on any atom is 0.241 e. The second-order valence-electron chi connectivity index (χ2n) is 7.87. The predicted molar refractivity (Wildman–Crippen MR) is 115 cm³/mol. The van der Waals surface area contributed by atoms with Crippen molar-refractivity contribution in [1.82, 2.24) is 10.0 Å². The second kappa shape index (κ2) is 10.0. The molecule has 0 bridgehead atoms. The average molecular weight is 415 g/mol. The molecule has 1 amide bonds. The van der Waals surface area contributed by atoms with Gasteiger partial charge in [0, 0.05) is 6.04 Å². The maximum atomic E-state index is 13.1. The van der Waals surface area contributed by atoms with E-state index in [1.165, 1.54) is 12.8 Å². The monoisotopic (exact) mass is 414 g/mol. The van der Waals surface area contributed by atoms with Crippen molar-refractivity contribution in [3.05, 3.63) is 65.7 Å². The van der Waals surface area contributed by atoms with Gasteiger partial charge in [-0.25, -0.2) is 8.42 Å². The van der Waals surface area contributed by atoms with Crippen LogP contribution in [-0.2, 0) is 21.2 Å². The summed E-state index contributed by atoms with van der Waals surface area (Å²) in [6, 6.07) is 15.4. The van der Waals surface area contributed by atoms with Crippen molar-refractivity contribution in [3.63, 3.8) is 0 Å². The number of carbonyl (C=O) groups is 1. The van der Waals surface area contributed by atoms with E-state index in [1.54, 1.807) is 24.3 Å². The molecule has 2 N–H and O–H groups in total. The van der Waals surface area contributed by atoms with Gasteiger partial charge < -0.3 is 5.32 Å². The Kier molecular flexibility index (Phi) is 7.45. The number of carbonyl (C=O) groups excluding carboxylic acids is 1. The van der Waals surface area contributed by atoms with Crippen LogP contribution >= 0.6 is 0 Å². The van der Waals surface area contributed by atoms with Gasteiger partial charge in [-0.2, -0.15) is 4.72 Å². The fraction of sp³-hybridized carbons (Fsp3) is 0.435. The first-order valence-electron chi connectivity index (χ1n) is 10.4. The summed E-state index contributed by atoms with van der Waals surface area (Å²) in [7, 11) is -3.80. The Hall–Kier alpha value is -2.18. The minimum Gasteiger partial charge on any atom is -0.352 e. The molecule has 1 aliphatic rings. The molecule has 1 atom stereocenters. The van der Waals surface area contributed by atoms with Gasteiger partial charge in [0.05, 0.1) is 4.90 Å². The van der Waals surface area contributed by atoms with E-state index in [-0.39, 0.29) is 16.8 Å². The first-order valence-corrected chi connectivity index (χ1v) is 11.9. The fourth-order valence-corrected chi connectivity index (χ4v) is 4.93. The molecule has 0 spiro atoms. The number of sulfonamides is 1. The molecule has 2 aromatic rings. The maximum absolute atomic E-state index is 13.1. The van der Waals surface area contributed by atoms with Crippen molar-refractivity contribution in [2.45, 2.75) is 68.8 Å². The summed E-state index contributed by atoms with van der Waals surface area (Å²) >= 11 is 0. The minimum atomic E-state index is -3.80. The van der Waals surface area contributed by atoms with Gasteiger partial charge >= 0.3 is 0 Å². The van der Waals surface area contributed by atoms with Crippen molar-refractivity contribution in [2.24, 2.45) is 0 Å². The number of aryl methyl sites for hydroxylation is 1. The molecule has 1 fully saturated rings. The normalized spacial score (nSPS) is 16.7. The molecular formula is C23H30N2O3S. The molecule has 5 nitrogen and oxygen atoms in total. The highest BCUT2D eigenvalue weighted by Crippen LogP contribution is 2.18. The zero-order valence-corrected chi connectivity index (χ0v) is 17.8. The third-order valence-electron chi connectivity index (χ3n) is 5.43. The number of hydrogen-bond donors (Lipinski definition) is 2. The van der Waals surface area contributed by atoms with Crippen LogP contribution in [0.4, 0.5) is 0 Å². The quantitative estimate of drug-likeness (QED) is 0.678. The molecule has 1 saturated carbocycles. The topological polar surface area (TPSA) is 75.3 Å². The molecule has 3 rings (SSSR count). The van der Waals surface area contributed by atoms with Crippen LogP contribution in [0, 0.1) is 6.92 Å².